The third-order valence-corrected chi connectivity index (χ3v) is 14.0. The number of rotatable bonds is 8. The summed E-state index contributed by atoms with van der Waals surface area (Å²) >= 11 is 13.0. The SMILES string of the molecule is CC(C)(C)OC(=O)N1CCN(C(=O)N[C@H]2CCCC(Nc3ncc(Cl)c(-c4c[nH]c5ccccc45)n3)C2)CC1.O=C(N[C@H]1CCCC(Nc2ncc(Cl)c(-c3c[nH]c4ccccc34)n2)C1)N1CCNCC1. The van der Waals surface area contributed by atoms with Crippen LogP contribution >= 0.6 is 23.2 Å². The number of H-pyrrole nitrogens is 2. The summed E-state index contributed by atoms with van der Waals surface area (Å²) in [5.41, 5.74) is 4.81. The summed E-state index contributed by atoms with van der Waals surface area (Å²) in [6, 6.07) is 16.6. The number of halogens is 2. The number of amides is 5. The number of aromatic nitrogens is 6. The fourth-order valence-electron chi connectivity index (χ4n) is 9.87. The zero-order valence-corrected chi connectivity index (χ0v) is 42.1. The average molecular weight is 1010 g/mol. The summed E-state index contributed by atoms with van der Waals surface area (Å²) in [6.07, 6.45) is 14.4. The molecule has 6 aromatic rings. The van der Waals surface area contributed by atoms with Gasteiger partial charge in [0.05, 0.1) is 33.8 Å². The van der Waals surface area contributed by atoms with Crippen LogP contribution in [-0.2, 0) is 4.74 Å². The predicted molar refractivity (Wildman–Crippen MR) is 279 cm³/mol. The number of hydrogen-bond acceptors (Lipinski definition) is 11. The van der Waals surface area contributed by atoms with E-state index in [-0.39, 0.29) is 42.3 Å². The molecule has 0 bridgehead atoms. The molecule has 20 heteroatoms. The number of para-hydroxylation sites is 2. The van der Waals surface area contributed by atoms with Gasteiger partial charge in [-0.25, -0.2) is 34.3 Å². The lowest BCUT2D eigenvalue weighted by Gasteiger charge is -2.37. The molecule has 71 heavy (non-hydrogen) atoms. The predicted octanol–water partition coefficient (Wildman–Crippen LogP) is 8.88. The molecule has 0 spiro atoms. The number of ether oxygens (including phenoxy) is 1. The van der Waals surface area contributed by atoms with Gasteiger partial charge in [-0.1, -0.05) is 59.6 Å². The molecule has 2 aromatic carbocycles. The Balaban J connectivity index is 0.000000179. The highest BCUT2D eigenvalue weighted by Crippen LogP contribution is 2.35. The van der Waals surface area contributed by atoms with E-state index in [9.17, 15) is 14.4 Å². The molecule has 18 nitrogen and oxygen atoms in total. The van der Waals surface area contributed by atoms with Crippen LogP contribution in [0.1, 0.15) is 72.1 Å². The Hall–Kier alpha value is -6.37. The maximum atomic E-state index is 13.0. The number of urea groups is 2. The van der Waals surface area contributed by atoms with Crippen molar-refractivity contribution in [2.45, 2.75) is 102 Å². The monoisotopic (exact) mass is 1010 g/mol. The number of carbonyl (C=O) groups is 3. The molecule has 2 aliphatic heterocycles. The second kappa shape index (κ2) is 22.4. The molecular formula is C51H64Cl2N14O4. The third-order valence-electron chi connectivity index (χ3n) is 13.5. The van der Waals surface area contributed by atoms with Crippen molar-refractivity contribution in [1.82, 2.24) is 60.6 Å². The van der Waals surface area contributed by atoms with Crippen molar-refractivity contribution < 1.29 is 19.1 Å². The van der Waals surface area contributed by atoms with E-state index in [4.69, 9.17) is 37.9 Å². The van der Waals surface area contributed by atoms with Gasteiger partial charge < -0.3 is 56.0 Å². The molecule has 4 aromatic heterocycles. The van der Waals surface area contributed by atoms with Crippen molar-refractivity contribution in [3.05, 3.63) is 83.4 Å². The maximum Gasteiger partial charge on any atom is 0.410 e. The lowest BCUT2D eigenvalue weighted by Crippen LogP contribution is -2.55. The first kappa shape index (κ1) is 49.6. The highest BCUT2D eigenvalue weighted by molar-refractivity contribution is 6.33. The van der Waals surface area contributed by atoms with E-state index in [1.165, 1.54) is 0 Å². The molecular weight excluding hydrogens is 944 g/mol. The summed E-state index contributed by atoms with van der Waals surface area (Å²) in [7, 11) is 0. The van der Waals surface area contributed by atoms with Crippen LogP contribution in [0.3, 0.4) is 0 Å². The highest BCUT2D eigenvalue weighted by atomic mass is 35.5. The zero-order chi connectivity index (χ0) is 49.5. The van der Waals surface area contributed by atoms with Gasteiger partial charge in [0.2, 0.25) is 11.9 Å². The van der Waals surface area contributed by atoms with Crippen molar-refractivity contribution in [3.8, 4) is 22.5 Å². The number of hydrogen-bond donors (Lipinski definition) is 7. The number of carbonyl (C=O) groups excluding carboxylic acids is 3. The topological polar surface area (TPSA) is 213 Å². The normalized spacial score (nSPS) is 20.7. The number of piperazine rings is 2. The summed E-state index contributed by atoms with van der Waals surface area (Å²) in [5.74, 6) is 1.09. The van der Waals surface area contributed by atoms with Crippen molar-refractivity contribution in [2.24, 2.45) is 0 Å². The molecule has 376 valence electrons. The van der Waals surface area contributed by atoms with Gasteiger partial charge in [-0.05, 0) is 84.3 Å². The summed E-state index contributed by atoms with van der Waals surface area (Å²) in [5, 5.41) is 19.8. The van der Waals surface area contributed by atoms with E-state index in [1.807, 2.05) is 80.5 Å². The molecule has 2 saturated carbocycles. The fraction of sp³-hybridized carbons (Fsp3) is 0.471. The molecule has 0 radical (unpaired) electrons. The van der Waals surface area contributed by atoms with E-state index >= 15 is 0 Å². The van der Waals surface area contributed by atoms with Crippen LogP contribution in [0, 0.1) is 0 Å². The number of anilines is 2. The number of aromatic amines is 2. The first-order valence-electron chi connectivity index (χ1n) is 24.8. The Kier molecular flexibility index (Phi) is 15.6. The van der Waals surface area contributed by atoms with E-state index in [2.05, 4.69) is 52.6 Å². The van der Waals surface area contributed by atoms with Gasteiger partial charge in [0.15, 0.2) is 0 Å². The van der Waals surface area contributed by atoms with Crippen molar-refractivity contribution in [3.63, 3.8) is 0 Å². The Morgan fingerprint density at radius 3 is 1.54 bits per heavy atom. The van der Waals surface area contributed by atoms with Crippen molar-refractivity contribution in [2.75, 3.05) is 63.0 Å². The zero-order valence-electron chi connectivity index (χ0n) is 40.6. The van der Waals surface area contributed by atoms with Gasteiger partial charge in [0.25, 0.3) is 0 Å². The minimum atomic E-state index is -0.536. The molecule has 4 fully saturated rings. The van der Waals surface area contributed by atoms with Gasteiger partial charge >= 0.3 is 18.2 Å². The minimum absolute atomic E-state index is 0.0431. The molecule has 2 unspecified atom stereocenters. The molecule has 6 heterocycles. The number of nitrogens with one attached hydrogen (secondary N) is 7. The summed E-state index contributed by atoms with van der Waals surface area (Å²) in [4.78, 5) is 68.1. The van der Waals surface area contributed by atoms with Gasteiger partial charge in [-0.15, -0.1) is 0 Å². The number of nitrogens with zero attached hydrogens (tertiary/aromatic N) is 7. The third kappa shape index (κ3) is 12.6. The van der Waals surface area contributed by atoms with E-state index in [0.717, 1.165) is 110 Å². The largest absolute Gasteiger partial charge is 0.444 e. The molecule has 2 aliphatic carbocycles. The van der Waals surface area contributed by atoms with E-state index in [0.29, 0.717) is 59.5 Å². The van der Waals surface area contributed by atoms with Crippen LogP contribution in [0.2, 0.25) is 10.0 Å². The molecule has 4 aliphatic rings. The Morgan fingerprint density at radius 1 is 0.620 bits per heavy atom. The smallest absolute Gasteiger partial charge is 0.410 e. The second-order valence-electron chi connectivity index (χ2n) is 19.8. The molecule has 4 atom stereocenters. The Labute approximate surface area is 423 Å². The lowest BCUT2D eigenvalue weighted by molar-refractivity contribution is 0.0168. The summed E-state index contributed by atoms with van der Waals surface area (Å²) < 4.78 is 5.45. The Bertz CT molecular complexity index is 2800. The van der Waals surface area contributed by atoms with Crippen LogP contribution in [0.15, 0.2) is 73.3 Å². The Morgan fingerprint density at radius 2 is 1.06 bits per heavy atom. The van der Waals surface area contributed by atoms with Gasteiger partial charge in [-0.2, -0.15) is 0 Å². The first-order valence-corrected chi connectivity index (χ1v) is 25.6. The average Bonchev–Trinajstić information content (AvgIpc) is 4.00. The molecule has 5 amide bonds. The lowest BCUT2D eigenvalue weighted by atomic mass is 9.91. The van der Waals surface area contributed by atoms with Gasteiger partial charge in [-0.3, -0.25) is 0 Å². The van der Waals surface area contributed by atoms with Crippen LogP contribution in [0.5, 0.6) is 0 Å². The van der Waals surface area contributed by atoms with Gasteiger partial charge in [0, 0.05) is 122 Å². The maximum absolute atomic E-state index is 13.0. The van der Waals surface area contributed by atoms with Crippen LogP contribution in [0.4, 0.5) is 26.3 Å². The molecule has 7 N–H and O–H groups in total. The van der Waals surface area contributed by atoms with Crippen LogP contribution < -0.4 is 26.6 Å². The second-order valence-corrected chi connectivity index (χ2v) is 20.6. The number of benzene rings is 2. The van der Waals surface area contributed by atoms with Crippen LogP contribution in [0.25, 0.3) is 44.3 Å². The van der Waals surface area contributed by atoms with Gasteiger partial charge in [0.1, 0.15) is 5.60 Å². The minimum Gasteiger partial charge on any atom is -0.444 e. The highest BCUT2D eigenvalue weighted by Gasteiger charge is 2.31. The number of fused-ring (bicyclic) bond motifs is 2. The van der Waals surface area contributed by atoms with E-state index < -0.39 is 5.60 Å². The van der Waals surface area contributed by atoms with Crippen molar-refractivity contribution in [1.29, 1.82) is 0 Å². The fourth-order valence-corrected chi connectivity index (χ4v) is 10.3. The van der Waals surface area contributed by atoms with Crippen molar-refractivity contribution >= 4 is 75.1 Å². The molecule has 2 saturated heterocycles. The van der Waals surface area contributed by atoms with Crippen LogP contribution in [-0.4, -0.2) is 145 Å². The molecule has 10 rings (SSSR count). The van der Waals surface area contributed by atoms with E-state index in [1.54, 1.807) is 22.2 Å². The summed E-state index contributed by atoms with van der Waals surface area (Å²) in [6.45, 7) is 10.7. The first-order chi connectivity index (χ1) is 34.3. The quantitative estimate of drug-likeness (QED) is 0.0765. The standard InChI is InChI=1S/C28H36ClN7O3.C23H28ClN7O/c1-28(2,3)39-27(38)36-13-11-35(12-14-36)26(37)33-19-8-6-7-18(15-19)32-25-31-17-22(29)24(34-25)21-16-30-23-10-5-4-9-20(21)23;24-19-14-27-22(30-21(19)18-13-26-20-7-2-1-6-17(18)20)28-15-4-3-5-16(12-15)29-23(32)31-10-8-25-9-11-31/h4-5,9-10,16-19,30H,6-8,11-15H2,1-3H3,(H,33,37)(H,31,32,34);1-2,6-7,13-16,25-26H,3-5,8-12H2,(H,29,32)(H,27,28,30)/t18?,19-;15?,16-/m00/s1.